The van der Waals surface area contributed by atoms with Gasteiger partial charge in [-0.2, -0.15) is 0 Å². The van der Waals surface area contributed by atoms with Gasteiger partial charge in [0.25, 0.3) is 0 Å². The van der Waals surface area contributed by atoms with Crippen LogP contribution in [0.15, 0.2) is 24.5 Å². The van der Waals surface area contributed by atoms with Crippen LogP contribution in [0.5, 0.6) is 0 Å². The summed E-state index contributed by atoms with van der Waals surface area (Å²) in [6.45, 7) is 2.12. The normalized spacial score (nSPS) is 10.4. The van der Waals surface area contributed by atoms with Crippen molar-refractivity contribution >= 4 is 28.5 Å². The molecular formula is C12H13N3S2. The molecule has 0 saturated carbocycles. The first-order chi connectivity index (χ1) is 8.22. The SMILES string of the molecule is CCCc1nc(-c2cccnc2)sc1C(N)=S. The maximum atomic E-state index is 5.72. The highest BCUT2D eigenvalue weighted by Gasteiger charge is 2.13. The number of aryl methyl sites for hydroxylation is 1. The molecule has 88 valence electrons. The van der Waals surface area contributed by atoms with Crippen molar-refractivity contribution in [2.24, 2.45) is 5.73 Å². The van der Waals surface area contributed by atoms with Crippen LogP contribution >= 0.6 is 23.6 Å². The number of rotatable bonds is 4. The average Bonchev–Trinajstić information content (AvgIpc) is 2.75. The summed E-state index contributed by atoms with van der Waals surface area (Å²) < 4.78 is 0. The van der Waals surface area contributed by atoms with E-state index < -0.39 is 0 Å². The molecule has 0 fully saturated rings. The minimum absolute atomic E-state index is 0.432. The van der Waals surface area contributed by atoms with Gasteiger partial charge in [0, 0.05) is 18.0 Å². The van der Waals surface area contributed by atoms with Crippen molar-refractivity contribution in [3.8, 4) is 10.6 Å². The molecule has 0 bridgehead atoms. The van der Waals surface area contributed by atoms with E-state index in [0.29, 0.717) is 4.99 Å². The summed E-state index contributed by atoms with van der Waals surface area (Å²) in [7, 11) is 0. The zero-order valence-corrected chi connectivity index (χ0v) is 11.1. The molecule has 2 N–H and O–H groups in total. The third-order valence-electron chi connectivity index (χ3n) is 2.32. The second-order valence-corrected chi connectivity index (χ2v) is 5.09. The van der Waals surface area contributed by atoms with Gasteiger partial charge in [0.1, 0.15) is 10.00 Å². The summed E-state index contributed by atoms with van der Waals surface area (Å²) in [6.07, 6.45) is 5.49. The molecule has 3 nitrogen and oxygen atoms in total. The van der Waals surface area contributed by atoms with E-state index in [-0.39, 0.29) is 0 Å². The lowest BCUT2D eigenvalue weighted by Crippen LogP contribution is -2.09. The number of hydrogen-bond donors (Lipinski definition) is 1. The van der Waals surface area contributed by atoms with Crippen molar-refractivity contribution in [2.45, 2.75) is 19.8 Å². The second kappa shape index (κ2) is 5.33. The highest BCUT2D eigenvalue weighted by molar-refractivity contribution is 7.81. The Kier molecular flexibility index (Phi) is 3.81. The first-order valence-electron chi connectivity index (χ1n) is 5.42. The maximum Gasteiger partial charge on any atom is 0.125 e. The van der Waals surface area contributed by atoms with Crippen LogP contribution in [-0.2, 0) is 6.42 Å². The van der Waals surface area contributed by atoms with Crippen molar-refractivity contribution in [3.05, 3.63) is 35.1 Å². The van der Waals surface area contributed by atoms with Gasteiger partial charge in [0.15, 0.2) is 0 Å². The molecule has 2 rings (SSSR count). The Balaban J connectivity index is 2.44. The Morgan fingerprint density at radius 3 is 2.94 bits per heavy atom. The minimum Gasteiger partial charge on any atom is -0.389 e. The third kappa shape index (κ3) is 2.68. The summed E-state index contributed by atoms with van der Waals surface area (Å²) in [5.41, 5.74) is 7.74. The van der Waals surface area contributed by atoms with Gasteiger partial charge in [0.2, 0.25) is 0 Å². The first-order valence-corrected chi connectivity index (χ1v) is 6.64. The standard InChI is InChI=1S/C12H13N3S2/c1-2-4-9-10(11(13)16)17-12(15-9)8-5-3-6-14-7-8/h3,5-7H,2,4H2,1H3,(H2,13,16). The Hall–Kier alpha value is -1.33. The van der Waals surface area contributed by atoms with Crippen LogP contribution in [0.4, 0.5) is 0 Å². The molecule has 17 heavy (non-hydrogen) atoms. The van der Waals surface area contributed by atoms with E-state index in [0.717, 1.165) is 34.0 Å². The Bertz CT molecular complexity index is 520. The van der Waals surface area contributed by atoms with E-state index in [4.69, 9.17) is 18.0 Å². The van der Waals surface area contributed by atoms with Crippen molar-refractivity contribution in [1.29, 1.82) is 0 Å². The van der Waals surface area contributed by atoms with Gasteiger partial charge in [-0.15, -0.1) is 11.3 Å². The first kappa shape index (κ1) is 12.1. The molecule has 2 heterocycles. The van der Waals surface area contributed by atoms with Crippen LogP contribution in [0.25, 0.3) is 10.6 Å². The van der Waals surface area contributed by atoms with Crippen molar-refractivity contribution in [2.75, 3.05) is 0 Å². The van der Waals surface area contributed by atoms with Gasteiger partial charge < -0.3 is 5.73 Å². The molecule has 0 atom stereocenters. The number of pyridine rings is 1. The summed E-state index contributed by atoms with van der Waals surface area (Å²) >= 11 is 6.60. The second-order valence-electron chi connectivity index (χ2n) is 3.65. The predicted octanol–water partition coefficient (Wildman–Crippen LogP) is 2.79. The van der Waals surface area contributed by atoms with Gasteiger partial charge in [-0.3, -0.25) is 4.98 Å². The highest BCUT2D eigenvalue weighted by Crippen LogP contribution is 2.28. The monoisotopic (exact) mass is 263 g/mol. The number of thiocarbonyl (C=S) groups is 1. The number of nitrogens with two attached hydrogens (primary N) is 1. The number of aromatic nitrogens is 2. The number of nitrogens with zero attached hydrogens (tertiary/aromatic N) is 2. The quantitative estimate of drug-likeness (QED) is 0.862. The fourth-order valence-corrected chi connectivity index (χ4v) is 2.76. The van der Waals surface area contributed by atoms with Gasteiger partial charge in [0.05, 0.1) is 10.6 Å². The molecule has 5 heteroatoms. The fourth-order valence-electron chi connectivity index (χ4n) is 1.56. The molecule has 0 amide bonds. The maximum absolute atomic E-state index is 5.72. The van der Waals surface area contributed by atoms with Crippen molar-refractivity contribution < 1.29 is 0 Å². The molecule has 0 spiro atoms. The smallest absolute Gasteiger partial charge is 0.125 e. The molecule has 2 aromatic rings. The van der Waals surface area contributed by atoms with Gasteiger partial charge in [-0.1, -0.05) is 25.6 Å². The molecule has 0 aromatic carbocycles. The largest absolute Gasteiger partial charge is 0.389 e. The molecule has 0 aliphatic heterocycles. The van der Waals surface area contributed by atoms with Crippen LogP contribution in [0.2, 0.25) is 0 Å². The van der Waals surface area contributed by atoms with Gasteiger partial charge in [-0.05, 0) is 18.6 Å². The van der Waals surface area contributed by atoms with Crippen LogP contribution in [0.3, 0.4) is 0 Å². The van der Waals surface area contributed by atoms with Crippen LogP contribution in [0.1, 0.15) is 23.9 Å². The number of hydrogen-bond acceptors (Lipinski definition) is 4. The van der Waals surface area contributed by atoms with Crippen LogP contribution < -0.4 is 5.73 Å². The van der Waals surface area contributed by atoms with E-state index in [1.165, 1.54) is 0 Å². The number of thiazole rings is 1. The summed E-state index contributed by atoms with van der Waals surface area (Å²) in [6, 6.07) is 3.89. The fraction of sp³-hybridized carbons (Fsp3) is 0.250. The summed E-state index contributed by atoms with van der Waals surface area (Å²) in [5.74, 6) is 0. The lowest BCUT2D eigenvalue weighted by molar-refractivity contribution is 0.891. The minimum atomic E-state index is 0.432. The Labute approximate surface area is 110 Å². The third-order valence-corrected chi connectivity index (χ3v) is 3.83. The lowest BCUT2D eigenvalue weighted by Gasteiger charge is -1.96. The molecule has 0 unspecified atom stereocenters. The average molecular weight is 263 g/mol. The summed E-state index contributed by atoms with van der Waals surface area (Å²) in [5, 5.41) is 0.935. The topological polar surface area (TPSA) is 51.8 Å². The zero-order chi connectivity index (χ0) is 12.3. The van der Waals surface area contributed by atoms with Crippen LogP contribution in [0, 0.1) is 0 Å². The van der Waals surface area contributed by atoms with E-state index in [2.05, 4.69) is 16.9 Å². The van der Waals surface area contributed by atoms with Crippen LogP contribution in [-0.4, -0.2) is 15.0 Å². The van der Waals surface area contributed by atoms with E-state index in [1.54, 1.807) is 23.7 Å². The van der Waals surface area contributed by atoms with Crippen molar-refractivity contribution in [1.82, 2.24) is 9.97 Å². The highest BCUT2D eigenvalue weighted by atomic mass is 32.1. The molecule has 0 saturated heterocycles. The van der Waals surface area contributed by atoms with Gasteiger partial charge >= 0.3 is 0 Å². The van der Waals surface area contributed by atoms with E-state index in [9.17, 15) is 0 Å². The molecule has 0 radical (unpaired) electrons. The predicted molar refractivity (Wildman–Crippen MR) is 75.2 cm³/mol. The zero-order valence-electron chi connectivity index (χ0n) is 9.51. The van der Waals surface area contributed by atoms with Gasteiger partial charge in [-0.25, -0.2) is 4.98 Å². The van der Waals surface area contributed by atoms with E-state index >= 15 is 0 Å². The Morgan fingerprint density at radius 2 is 2.35 bits per heavy atom. The van der Waals surface area contributed by atoms with Crippen molar-refractivity contribution in [3.63, 3.8) is 0 Å². The molecule has 0 aliphatic carbocycles. The molecule has 0 aliphatic rings. The molecule has 2 aromatic heterocycles. The lowest BCUT2D eigenvalue weighted by atomic mass is 10.2. The molecular weight excluding hydrogens is 250 g/mol. The summed E-state index contributed by atoms with van der Waals surface area (Å²) in [4.78, 5) is 10.1. The Morgan fingerprint density at radius 1 is 1.53 bits per heavy atom. The van der Waals surface area contributed by atoms with E-state index in [1.807, 2.05) is 12.1 Å².